The van der Waals surface area contributed by atoms with E-state index in [1.807, 2.05) is 6.92 Å². The highest BCUT2D eigenvalue weighted by molar-refractivity contribution is 5.92. The molecule has 18 heavy (non-hydrogen) atoms. The summed E-state index contributed by atoms with van der Waals surface area (Å²) >= 11 is 0. The lowest BCUT2D eigenvalue weighted by Gasteiger charge is -2.14. The SMILES string of the molecule is CC(C)CCCC(C)NC(=O)c1ccc(N)cn1. The highest BCUT2D eigenvalue weighted by atomic mass is 16.1. The summed E-state index contributed by atoms with van der Waals surface area (Å²) in [6.45, 7) is 6.44. The van der Waals surface area contributed by atoms with Gasteiger partial charge in [-0.25, -0.2) is 4.98 Å². The lowest BCUT2D eigenvalue weighted by Crippen LogP contribution is -2.33. The number of carbonyl (C=O) groups excluding carboxylic acids is 1. The van der Waals surface area contributed by atoms with E-state index >= 15 is 0 Å². The van der Waals surface area contributed by atoms with Crippen LogP contribution in [0.25, 0.3) is 0 Å². The van der Waals surface area contributed by atoms with E-state index in [1.54, 1.807) is 12.1 Å². The van der Waals surface area contributed by atoms with E-state index in [0.717, 1.165) is 12.8 Å². The molecular weight excluding hydrogens is 226 g/mol. The van der Waals surface area contributed by atoms with E-state index < -0.39 is 0 Å². The van der Waals surface area contributed by atoms with Crippen molar-refractivity contribution in [2.75, 3.05) is 5.73 Å². The van der Waals surface area contributed by atoms with E-state index in [9.17, 15) is 4.79 Å². The van der Waals surface area contributed by atoms with Gasteiger partial charge in [0.1, 0.15) is 5.69 Å². The molecule has 0 saturated carbocycles. The Hall–Kier alpha value is -1.58. The lowest BCUT2D eigenvalue weighted by molar-refractivity contribution is 0.0933. The molecule has 0 fully saturated rings. The molecule has 1 atom stereocenters. The highest BCUT2D eigenvalue weighted by Gasteiger charge is 2.10. The number of aromatic nitrogens is 1. The Balaban J connectivity index is 2.37. The summed E-state index contributed by atoms with van der Waals surface area (Å²) in [4.78, 5) is 15.9. The Bertz CT molecular complexity index is 373. The first-order valence-corrected chi connectivity index (χ1v) is 6.51. The van der Waals surface area contributed by atoms with Crippen molar-refractivity contribution < 1.29 is 4.79 Å². The number of rotatable bonds is 6. The smallest absolute Gasteiger partial charge is 0.270 e. The molecule has 3 N–H and O–H groups in total. The second kappa shape index (κ2) is 6.99. The van der Waals surface area contributed by atoms with E-state index in [4.69, 9.17) is 5.73 Å². The van der Waals surface area contributed by atoms with Crippen molar-refractivity contribution in [3.05, 3.63) is 24.0 Å². The van der Waals surface area contributed by atoms with E-state index in [2.05, 4.69) is 24.1 Å². The number of anilines is 1. The molecule has 0 spiro atoms. The molecule has 100 valence electrons. The number of pyridine rings is 1. The zero-order chi connectivity index (χ0) is 13.5. The summed E-state index contributed by atoms with van der Waals surface area (Å²) < 4.78 is 0. The average molecular weight is 249 g/mol. The van der Waals surface area contributed by atoms with Crippen LogP contribution < -0.4 is 11.1 Å². The predicted octanol–water partition coefficient (Wildman–Crippen LogP) is 2.61. The summed E-state index contributed by atoms with van der Waals surface area (Å²) in [6.07, 6.45) is 4.83. The molecule has 0 bridgehead atoms. The molecule has 1 aromatic rings. The van der Waals surface area contributed by atoms with Crippen LogP contribution in [0.15, 0.2) is 18.3 Å². The first-order valence-electron chi connectivity index (χ1n) is 6.51. The zero-order valence-electron chi connectivity index (χ0n) is 11.4. The number of amides is 1. The van der Waals surface area contributed by atoms with Crippen molar-refractivity contribution >= 4 is 11.6 Å². The number of hydrogen-bond donors (Lipinski definition) is 2. The minimum atomic E-state index is -0.132. The molecule has 1 heterocycles. The van der Waals surface area contributed by atoms with Crippen LogP contribution in [0.4, 0.5) is 5.69 Å². The highest BCUT2D eigenvalue weighted by Crippen LogP contribution is 2.09. The Morgan fingerprint density at radius 2 is 2.06 bits per heavy atom. The van der Waals surface area contributed by atoms with Crippen LogP contribution in [0.2, 0.25) is 0 Å². The number of nitrogens with zero attached hydrogens (tertiary/aromatic N) is 1. The van der Waals surface area contributed by atoms with Crippen LogP contribution in [0.1, 0.15) is 50.5 Å². The van der Waals surface area contributed by atoms with Crippen LogP contribution in [0.3, 0.4) is 0 Å². The maximum atomic E-state index is 11.8. The fourth-order valence-corrected chi connectivity index (χ4v) is 1.74. The lowest BCUT2D eigenvalue weighted by atomic mass is 10.0. The van der Waals surface area contributed by atoms with Gasteiger partial charge in [0.25, 0.3) is 5.91 Å². The normalized spacial score (nSPS) is 12.4. The van der Waals surface area contributed by atoms with Gasteiger partial charge < -0.3 is 11.1 Å². The Morgan fingerprint density at radius 1 is 1.33 bits per heavy atom. The van der Waals surface area contributed by atoms with Crippen molar-refractivity contribution in [2.45, 2.75) is 46.1 Å². The molecule has 0 aliphatic rings. The van der Waals surface area contributed by atoms with Gasteiger partial charge in [0.15, 0.2) is 0 Å². The minimum absolute atomic E-state index is 0.132. The van der Waals surface area contributed by atoms with Crippen LogP contribution in [-0.2, 0) is 0 Å². The van der Waals surface area contributed by atoms with Crippen molar-refractivity contribution in [1.29, 1.82) is 0 Å². The summed E-state index contributed by atoms with van der Waals surface area (Å²) in [5, 5.41) is 2.95. The first kappa shape index (κ1) is 14.5. The fraction of sp³-hybridized carbons (Fsp3) is 0.571. The van der Waals surface area contributed by atoms with Gasteiger partial charge in [-0.1, -0.05) is 26.7 Å². The maximum Gasteiger partial charge on any atom is 0.270 e. The maximum absolute atomic E-state index is 11.8. The summed E-state index contributed by atoms with van der Waals surface area (Å²) in [5.74, 6) is 0.582. The topological polar surface area (TPSA) is 68.0 Å². The van der Waals surface area contributed by atoms with Gasteiger partial charge in [-0.2, -0.15) is 0 Å². The first-order chi connectivity index (χ1) is 8.49. The summed E-state index contributed by atoms with van der Waals surface area (Å²) in [7, 11) is 0. The second-order valence-corrected chi connectivity index (χ2v) is 5.18. The van der Waals surface area contributed by atoms with Crippen molar-refractivity contribution in [3.8, 4) is 0 Å². The standard InChI is InChI=1S/C14H23N3O/c1-10(2)5-4-6-11(3)17-14(18)13-8-7-12(15)9-16-13/h7-11H,4-6,15H2,1-3H3,(H,17,18). The molecule has 0 aliphatic heterocycles. The van der Waals surface area contributed by atoms with E-state index in [1.165, 1.54) is 12.6 Å². The molecule has 0 aromatic carbocycles. The van der Waals surface area contributed by atoms with Crippen molar-refractivity contribution in [1.82, 2.24) is 10.3 Å². The molecule has 4 heteroatoms. The average Bonchev–Trinajstić information content (AvgIpc) is 2.29. The second-order valence-electron chi connectivity index (χ2n) is 5.18. The number of nitrogen functional groups attached to an aromatic ring is 1. The van der Waals surface area contributed by atoms with Gasteiger partial charge in [0.2, 0.25) is 0 Å². The largest absolute Gasteiger partial charge is 0.397 e. The third kappa shape index (κ3) is 5.17. The van der Waals surface area contributed by atoms with Crippen molar-refractivity contribution in [3.63, 3.8) is 0 Å². The minimum Gasteiger partial charge on any atom is -0.397 e. The molecule has 1 rings (SSSR count). The van der Waals surface area contributed by atoms with Gasteiger partial charge in [0.05, 0.1) is 11.9 Å². The number of carbonyl (C=O) groups is 1. The van der Waals surface area contributed by atoms with Gasteiger partial charge in [-0.3, -0.25) is 4.79 Å². The number of nitrogens with one attached hydrogen (secondary N) is 1. The van der Waals surface area contributed by atoms with Gasteiger partial charge in [-0.05, 0) is 31.4 Å². The van der Waals surface area contributed by atoms with Gasteiger partial charge in [-0.15, -0.1) is 0 Å². The quantitative estimate of drug-likeness (QED) is 0.814. The fourth-order valence-electron chi connectivity index (χ4n) is 1.74. The van der Waals surface area contributed by atoms with Crippen molar-refractivity contribution in [2.24, 2.45) is 5.92 Å². The third-order valence-electron chi connectivity index (χ3n) is 2.82. The number of hydrogen-bond acceptors (Lipinski definition) is 3. The predicted molar refractivity (Wildman–Crippen MR) is 74.3 cm³/mol. The third-order valence-corrected chi connectivity index (χ3v) is 2.82. The number of nitrogens with two attached hydrogens (primary N) is 1. The monoisotopic (exact) mass is 249 g/mol. The van der Waals surface area contributed by atoms with Gasteiger partial charge in [0, 0.05) is 6.04 Å². The molecule has 1 aromatic heterocycles. The van der Waals surface area contributed by atoms with E-state index in [-0.39, 0.29) is 11.9 Å². The Morgan fingerprint density at radius 3 is 2.61 bits per heavy atom. The molecule has 1 unspecified atom stereocenters. The van der Waals surface area contributed by atoms with Crippen LogP contribution in [0, 0.1) is 5.92 Å². The molecule has 0 saturated heterocycles. The molecule has 1 amide bonds. The molecule has 0 aliphatic carbocycles. The van der Waals surface area contributed by atoms with Crippen LogP contribution in [-0.4, -0.2) is 16.9 Å². The molecular formula is C14H23N3O. The zero-order valence-corrected chi connectivity index (χ0v) is 11.4. The van der Waals surface area contributed by atoms with E-state index in [0.29, 0.717) is 17.3 Å². The summed E-state index contributed by atoms with van der Waals surface area (Å²) in [6, 6.07) is 3.51. The van der Waals surface area contributed by atoms with Gasteiger partial charge >= 0.3 is 0 Å². The van der Waals surface area contributed by atoms with Crippen LogP contribution in [0.5, 0.6) is 0 Å². The Labute approximate surface area is 109 Å². The molecule has 0 radical (unpaired) electrons. The van der Waals surface area contributed by atoms with Crippen LogP contribution >= 0.6 is 0 Å². The Kier molecular flexibility index (Phi) is 5.62. The molecule has 4 nitrogen and oxygen atoms in total. The summed E-state index contributed by atoms with van der Waals surface area (Å²) in [5.41, 5.74) is 6.51.